The molecule has 1 N–H and O–H groups in total. The Kier molecular flexibility index (Phi) is 6.08. The highest BCUT2D eigenvalue weighted by atomic mass is 32.2. The van der Waals surface area contributed by atoms with Crippen molar-refractivity contribution in [2.75, 3.05) is 13.7 Å². The number of nitrogens with zero attached hydrogens (tertiary/aromatic N) is 1. The van der Waals surface area contributed by atoms with Crippen LogP contribution in [0.1, 0.15) is 21.9 Å². The van der Waals surface area contributed by atoms with Gasteiger partial charge in [0.2, 0.25) is 5.76 Å². The predicted molar refractivity (Wildman–Crippen MR) is 106 cm³/mol. The zero-order valence-electron chi connectivity index (χ0n) is 15.4. The van der Waals surface area contributed by atoms with Crippen LogP contribution in [0.15, 0.2) is 52.3 Å². The number of rotatable bonds is 8. The Morgan fingerprint density at radius 2 is 2.07 bits per heavy atom. The van der Waals surface area contributed by atoms with Gasteiger partial charge in [0, 0.05) is 6.54 Å². The lowest BCUT2D eigenvalue weighted by atomic mass is 10.2. The van der Waals surface area contributed by atoms with Crippen LogP contribution in [0.2, 0.25) is 0 Å². The average Bonchev–Trinajstić information content (AvgIpc) is 3.28. The molecule has 0 radical (unpaired) electrons. The van der Waals surface area contributed by atoms with Gasteiger partial charge in [-0.15, -0.1) is 6.58 Å². The normalized spacial score (nSPS) is 15.1. The van der Waals surface area contributed by atoms with E-state index >= 15 is 0 Å². The van der Waals surface area contributed by atoms with Crippen molar-refractivity contribution in [3.8, 4) is 11.5 Å². The summed E-state index contributed by atoms with van der Waals surface area (Å²) in [6.07, 6.45) is 3.10. The first-order chi connectivity index (χ1) is 13.9. The first kappa shape index (κ1) is 20.3. The first-order valence-corrected chi connectivity index (χ1v) is 9.23. The number of carbonyl (C=O) groups is 3. The highest BCUT2D eigenvalue weighted by molar-refractivity contribution is 8.18. The highest BCUT2D eigenvalue weighted by Gasteiger charge is 2.34. The maximum atomic E-state index is 12.3. The largest absolute Gasteiger partial charge is 0.493 e. The van der Waals surface area contributed by atoms with E-state index in [0.717, 1.165) is 16.7 Å². The maximum absolute atomic E-state index is 12.3. The van der Waals surface area contributed by atoms with Crippen molar-refractivity contribution in [2.24, 2.45) is 0 Å². The molecule has 1 aliphatic heterocycles. The minimum Gasteiger partial charge on any atom is -0.493 e. The number of imide groups is 1. The average molecular weight is 415 g/mol. The second-order valence-electron chi connectivity index (χ2n) is 5.85. The van der Waals surface area contributed by atoms with Gasteiger partial charge in [-0.25, -0.2) is 4.79 Å². The van der Waals surface area contributed by atoms with E-state index < -0.39 is 5.97 Å². The number of thioether (sulfide) groups is 1. The van der Waals surface area contributed by atoms with Crippen LogP contribution in [-0.2, 0) is 11.4 Å². The lowest BCUT2D eigenvalue weighted by molar-refractivity contribution is -0.122. The summed E-state index contributed by atoms with van der Waals surface area (Å²) in [5, 5.41) is 8.54. The molecule has 29 heavy (non-hydrogen) atoms. The number of hydrogen-bond donors (Lipinski definition) is 1. The van der Waals surface area contributed by atoms with Crippen LogP contribution in [0.25, 0.3) is 6.08 Å². The second kappa shape index (κ2) is 8.70. The van der Waals surface area contributed by atoms with Gasteiger partial charge in [-0.3, -0.25) is 14.5 Å². The Balaban J connectivity index is 1.74. The van der Waals surface area contributed by atoms with Gasteiger partial charge in [-0.1, -0.05) is 12.1 Å². The molecule has 8 nitrogen and oxygen atoms in total. The number of carbonyl (C=O) groups excluding carboxylic acids is 2. The lowest BCUT2D eigenvalue weighted by Crippen LogP contribution is -2.27. The predicted octanol–water partition coefficient (Wildman–Crippen LogP) is 3.79. The molecule has 1 saturated heterocycles. The fraction of sp³-hybridized carbons (Fsp3) is 0.150. The monoisotopic (exact) mass is 415 g/mol. The van der Waals surface area contributed by atoms with Crippen LogP contribution in [0.4, 0.5) is 4.79 Å². The SMILES string of the molecule is C=CCN1C(=O)SC(=Cc2ccc(OCc3ccc(C(=O)O)o3)c(OC)c2)C1=O. The zero-order chi connectivity index (χ0) is 21.0. The molecule has 150 valence electrons. The molecule has 0 saturated carbocycles. The summed E-state index contributed by atoms with van der Waals surface area (Å²) in [6, 6.07) is 7.90. The molecule has 1 aliphatic rings. The van der Waals surface area contributed by atoms with Crippen LogP contribution < -0.4 is 9.47 Å². The summed E-state index contributed by atoms with van der Waals surface area (Å²) in [7, 11) is 1.47. The third-order valence-corrected chi connectivity index (χ3v) is 4.82. The van der Waals surface area contributed by atoms with E-state index in [4.69, 9.17) is 19.0 Å². The Morgan fingerprint density at radius 1 is 1.28 bits per heavy atom. The van der Waals surface area contributed by atoms with E-state index in [-0.39, 0.29) is 30.1 Å². The molecule has 0 atom stereocenters. The molecule has 3 rings (SSSR count). The quantitative estimate of drug-likeness (QED) is 0.513. The van der Waals surface area contributed by atoms with Crippen molar-refractivity contribution in [1.82, 2.24) is 4.90 Å². The summed E-state index contributed by atoms with van der Waals surface area (Å²) in [5.74, 6) is -0.519. The molecule has 1 aromatic heterocycles. The van der Waals surface area contributed by atoms with Crippen molar-refractivity contribution < 1.29 is 33.4 Å². The third-order valence-electron chi connectivity index (χ3n) is 3.91. The Bertz CT molecular complexity index is 1010. The van der Waals surface area contributed by atoms with Crippen molar-refractivity contribution in [1.29, 1.82) is 0 Å². The standard InChI is InChI=1S/C20H17NO7S/c1-3-8-21-18(22)17(29-20(21)25)10-12-4-6-14(16(9-12)26-2)27-11-13-5-7-15(28-13)19(23)24/h3-7,9-10H,1,8,11H2,2H3,(H,23,24). The van der Waals surface area contributed by atoms with Gasteiger partial charge in [-0.2, -0.15) is 0 Å². The number of furan rings is 1. The second-order valence-corrected chi connectivity index (χ2v) is 6.84. The Hall–Kier alpha value is -3.46. The first-order valence-electron chi connectivity index (χ1n) is 8.42. The molecule has 0 aliphatic carbocycles. The van der Waals surface area contributed by atoms with Gasteiger partial charge in [0.05, 0.1) is 12.0 Å². The van der Waals surface area contributed by atoms with Gasteiger partial charge in [0.1, 0.15) is 12.4 Å². The van der Waals surface area contributed by atoms with Crippen LogP contribution >= 0.6 is 11.8 Å². The minimum atomic E-state index is -1.16. The fourth-order valence-corrected chi connectivity index (χ4v) is 3.40. The van der Waals surface area contributed by atoms with E-state index in [0.29, 0.717) is 27.7 Å². The van der Waals surface area contributed by atoms with Crippen LogP contribution in [-0.4, -0.2) is 40.8 Å². The number of ether oxygens (including phenoxy) is 2. The lowest BCUT2D eigenvalue weighted by Gasteiger charge is -2.10. The smallest absolute Gasteiger partial charge is 0.371 e. The summed E-state index contributed by atoms with van der Waals surface area (Å²) in [5.41, 5.74) is 0.657. The summed E-state index contributed by atoms with van der Waals surface area (Å²) in [6.45, 7) is 3.72. The molecule has 2 aromatic rings. The van der Waals surface area contributed by atoms with Crippen molar-refractivity contribution in [3.63, 3.8) is 0 Å². The molecule has 2 heterocycles. The van der Waals surface area contributed by atoms with Crippen molar-refractivity contribution >= 4 is 35.0 Å². The van der Waals surface area contributed by atoms with Crippen molar-refractivity contribution in [3.05, 3.63) is 65.0 Å². The van der Waals surface area contributed by atoms with Gasteiger partial charge < -0.3 is 19.0 Å². The van der Waals surface area contributed by atoms with Gasteiger partial charge >= 0.3 is 5.97 Å². The Labute approximate surface area is 170 Å². The van der Waals surface area contributed by atoms with Crippen LogP contribution in [0.3, 0.4) is 0 Å². The highest BCUT2D eigenvalue weighted by Crippen LogP contribution is 2.34. The molecule has 1 aromatic carbocycles. The summed E-state index contributed by atoms with van der Waals surface area (Å²) in [4.78, 5) is 36.5. The topological polar surface area (TPSA) is 106 Å². The minimum absolute atomic E-state index is 0.0173. The van der Waals surface area contributed by atoms with E-state index in [1.165, 1.54) is 25.3 Å². The van der Waals surface area contributed by atoms with Gasteiger partial charge in [-0.05, 0) is 47.7 Å². The molecule has 1 fully saturated rings. The van der Waals surface area contributed by atoms with E-state index in [1.807, 2.05) is 0 Å². The number of carboxylic acid groups (broad SMARTS) is 1. The molecule has 0 unspecified atom stereocenters. The third kappa shape index (κ3) is 4.52. The zero-order valence-corrected chi connectivity index (χ0v) is 16.2. The molecule has 2 amide bonds. The molecule has 9 heteroatoms. The molecule has 0 spiro atoms. The maximum Gasteiger partial charge on any atom is 0.371 e. The fourth-order valence-electron chi connectivity index (χ4n) is 2.55. The number of methoxy groups -OCH3 is 1. The van der Waals surface area contributed by atoms with Crippen LogP contribution in [0.5, 0.6) is 11.5 Å². The van der Waals surface area contributed by atoms with Gasteiger partial charge in [0.25, 0.3) is 11.1 Å². The number of benzene rings is 1. The van der Waals surface area contributed by atoms with E-state index in [9.17, 15) is 14.4 Å². The van der Waals surface area contributed by atoms with Crippen molar-refractivity contribution in [2.45, 2.75) is 6.61 Å². The molecular weight excluding hydrogens is 398 g/mol. The molecule has 0 bridgehead atoms. The molecular formula is C20H17NO7S. The van der Waals surface area contributed by atoms with E-state index in [2.05, 4.69) is 6.58 Å². The summed E-state index contributed by atoms with van der Waals surface area (Å²) >= 11 is 0.865. The number of carboxylic acids is 1. The Morgan fingerprint density at radius 3 is 2.72 bits per heavy atom. The summed E-state index contributed by atoms with van der Waals surface area (Å²) < 4.78 is 16.1. The van der Waals surface area contributed by atoms with E-state index in [1.54, 1.807) is 24.3 Å². The van der Waals surface area contributed by atoms with Gasteiger partial charge in [0.15, 0.2) is 11.5 Å². The number of aromatic carboxylic acids is 1. The number of amides is 2. The van der Waals surface area contributed by atoms with Crippen LogP contribution in [0, 0.1) is 0 Å². The number of hydrogen-bond acceptors (Lipinski definition) is 7.